The van der Waals surface area contributed by atoms with Gasteiger partial charge in [-0.2, -0.15) is 0 Å². The second kappa shape index (κ2) is 9.75. The van der Waals surface area contributed by atoms with Gasteiger partial charge in [-0.05, 0) is 43.4 Å². The van der Waals surface area contributed by atoms with Crippen molar-refractivity contribution in [2.45, 2.75) is 64.6 Å². The molecule has 3 rings (SSSR count). The van der Waals surface area contributed by atoms with E-state index in [4.69, 9.17) is 11.6 Å². The summed E-state index contributed by atoms with van der Waals surface area (Å²) in [4.78, 5) is 29.3. The van der Waals surface area contributed by atoms with Crippen LogP contribution in [0, 0.1) is 5.92 Å². The highest BCUT2D eigenvalue weighted by Crippen LogP contribution is 2.24. The maximum Gasteiger partial charge on any atom is 0.225 e. The van der Waals surface area contributed by atoms with Crippen molar-refractivity contribution in [1.29, 1.82) is 0 Å². The lowest BCUT2D eigenvalue weighted by Crippen LogP contribution is -2.46. The Balaban J connectivity index is 1.44. The molecule has 154 valence electrons. The molecular formula is C22H32ClN3O2. The third-order valence-electron chi connectivity index (χ3n) is 6.17. The summed E-state index contributed by atoms with van der Waals surface area (Å²) in [6.45, 7) is 7.64. The SMILES string of the molecule is CCC(CC)N1CC(C(=O)NC2CCN(Cc3ccc(Cl)cc3)CC2)CC1=O. The molecule has 2 fully saturated rings. The van der Waals surface area contributed by atoms with Crippen molar-refractivity contribution >= 4 is 23.4 Å². The summed E-state index contributed by atoms with van der Waals surface area (Å²) in [5.74, 6) is -0.00946. The van der Waals surface area contributed by atoms with Crippen LogP contribution in [0.4, 0.5) is 0 Å². The molecule has 1 aromatic carbocycles. The minimum absolute atomic E-state index is 0.0537. The number of likely N-dealkylation sites (tertiary alicyclic amines) is 2. The lowest BCUT2D eigenvalue weighted by molar-refractivity contribution is -0.130. The molecule has 2 saturated heterocycles. The van der Waals surface area contributed by atoms with Crippen LogP contribution in [0.5, 0.6) is 0 Å². The van der Waals surface area contributed by atoms with E-state index in [9.17, 15) is 9.59 Å². The van der Waals surface area contributed by atoms with Gasteiger partial charge in [0.25, 0.3) is 0 Å². The van der Waals surface area contributed by atoms with Gasteiger partial charge in [-0.15, -0.1) is 0 Å². The third kappa shape index (κ3) is 5.26. The number of nitrogens with one attached hydrogen (secondary N) is 1. The predicted octanol–water partition coefficient (Wildman–Crippen LogP) is 3.46. The van der Waals surface area contributed by atoms with Crippen molar-refractivity contribution in [2.75, 3.05) is 19.6 Å². The Bertz CT molecular complexity index is 667. The Hall–Kier alpha value is -1.59. The van der Waals surface area contributed by atoms with E-state index < -0.39 is 0 Å². The quantitative estimate of drug-likeness (QED) is 0.755. The predicted molar refractivity (Wildman–Crippen MR) is 112 cm³/mol. The van der Waals surface area contributed by atoms with E-state index in [1.165, 1.54) is 5.56 Å². The van der Waals surface area contributed by atoms with Gasteiger partial charge in [0.1, 0.15) is 0 Å². The number of carbonyl (C=O) groups excluding carboxylic acids is 2. The number of nitrogens with zero attached hydrogens (tertiary/aromatic N) is 2. The van der Waals surface area contributed by atoms with Crippen molar-refractivity contribution in [3.8, 4) is 0 Å². The molecule has 6 heteroatoms. The van der Waals surface area contributed by atoms with Crippen LogP contribution >= 0.6 is 11.6 Å². The highest BCUT2D eigenvalue weighted by atomic mass is 35.5. The molecule has 0 aliphatic carbocycles. The van der Waals surface area contributed by atoms with Gasteiger partial charge in [-0.3, -0.25) is 14.5 Å². The Morgan fingerprint density at radius 1 is 1.18 bits per heavy atom. The topological polar surface area (TPSA) is 52.7 Å². The van der Waals surface area contributed by atoms with Crippen molar-refractivity contribution in [1.82, 2.24) is 15.1 Å². The molecule has 0 radical (unpaired) electrons. The Kier molecular flexibility index (Phi) is 7.36. The standard InChI is InChI=1S/C22H32ClN3O2/c1-3-20(4-2)26-15-17(13-21(26)27)22(28)24-19-9-11-25(12-10-19)14-16-5-7-18(23)8-6-16/h5-8,17,19-20H,3-4,9-15H2,1-2H3,(H,24,28). The third-order valence-corrected chi connectivity index (χ3v) is 6.42. The fraction of sp³-hybridized carbons (Fsp3) is 0.636. The minimum atomic E-state index is -0.194. The second-order valence-corrected chi connectivity index (χ2v) is 8.54. The maximum atomic E-state index is 12.7. The normalized spacial score (nSPS) is 21.5. The number of hydrogen-bond acceptors (Lipinski definition) is 3. The number of hydrogen-bond donors (Lipinski definition) is 1. The first-order chi connectivity index (χ1) is 13.5. The van der Waals surface area contributed by atoms with Crippen LogP contribution < -0.4 is 5.32 Å². The zero-order valence-electron chi connectivity index (χ0n) is 17.0. The number of amides is 2. The first-order valence-corrected chi connectivity index (χ1v) is 10.9. The summed E-state index contributed by atoms with van der Waals surface area (Å²) in [5.41, 5.74) is 1.26. The molecule has 0 aromatic heterocycles. The average Bonchev–Trinajstić information content (AvgIpc) is 3.08. The van der Waals surface area contributed by atoms with E-state index in [1.807, 2.05) is 17.0 Å². The zero-order chi connectivity index (χ0) is 20.1. The minimum Gasteiger partial charge on any atom is -0.353 e. The fourth-order valence-corrected chi connectivity index (χ4v) is 4.52. The summed E-state index contributed by atoms with van der Waals surface area (Å²) < 4.78 is 0. The molecule has 28 heavy (non-hydrogen) atoms. The molecule has 2 amide bonds. The molecule has 2 heterocycles. The van der Waals surface area contributed by atoms with E-state index in [1.54, 1.807) is 0 Å². The van der Waals surface area contributed by atoms with Crippen LogP contribution in [-0.4, -0.2) is 53.3 Å². The van der Waals surface area contributed by atoms with E-state index in [0.29, 0.717) is 13.0 Å². The number of halogens is 1. The summed E-state index contributed by atoms with van der Waals surface area (Å²) >= 11 is 5.95. The number of piperidine rings is 1. The Morgan fingerprint density at radius 2 is 1.82 bits per heavy atom. The average molecular weight is 406 g/mol. The Labute approximate surface area is 173 Å². The van der Waals surface area contributed by atoms with Gasteiger partial charge in [0.15, 0.2) is 0 Å². The van der Waals surface area contributed by atoms with Crippen molar-refractivity contribution in [3.63, 3.8) is 0 Å². The van der Waals surface area contributed by atoms with Crippen LogP contribution in [0.1, 0.15) is 51.5 Å². The van der Waals surface area contributed by atoms with Crippen LogP contribution in [0.15, 0.2) is 24.3 Å². The summed E-state index contributed by atoms with van der Waals surface area (Å²) in [6, 6.07) is 8.47. The van der Waals surface area contributed by atoms with E-state index in [2.05, 4.69) is 36.2 Å². The summed E-state index contributed by atoms with van der Waals surface area (Å²) in [6.07, 6.45) is 4.16. The molecular weight excluding hydrogens is 374 g/mol. The van der Waals surface area contributed by atoms with Gasteiger partial charge in [-0.25, -0.2) is 0 Å². The molecule has 1 unspecified atom stereocenters. The first-order valence-electron chi connectivity index (χ1n) is 10.6. The molecule has 0 saturated carbocycles. The van der Waals surface area contributed by atoms with Crippen LogP contribution in [-0.2, 0) is 16.1 Å². The molecule has 0 bridgehead atoms. The zero-order valence-corrected chi connectivity index (χ0v) is 17.8. The molecule has 1 aromatic rings. The van der Waals surface area contributed by atoms with Gasteiger partial charge in [0.05, 0.1) is 5.92 Å². The molecule has 5 nitrogen and oxygen atoms in total. The first kappa shape index (κ1) is 21.1. The van der Waals surface area contributed by atoms with Gasteiger partial charge in [0.2, 0.25) is 11.8 Å². The number of carbonyl (C=O) groups is 2. The van der Waals surface area contributed by atoms with Gasteiger partial charge in [0, 0.05) is 49.7 Å². The lowest BCUT2D eigenvalue weighted by Gasteiger charge is -2.33. The van der Waals surface area contributed by atoms with Crippen molar-refractivity contribution in [3.05, 3.63) is 34.9 Å². The van der Waals surface area contributed by atoms with E-state index in [-0.39, 0.29) is 29.8 Å². The number of rotatable bonds is 7. The smallest absolute Gasteiger partial charge is 0.225 e. The molecule has 2 aliphatic heterocycles. The molecule has 0 spiro atoms. The molecule has 1 N–H and O–H groups in total. The van der Waals surface area contributed by atoms with Gasteiger partial charge in [-0.1, -0.05) is 37.6 Å². The van der Waals surface area contributed by atoms with Crippen LogP contribution in [0.2, 0.25) is 5.02 Å². The number of benzene rings is 1. The molecule has 1 atom stereocenters. The second-order valence-electron chi connectivity index (χ2n) is 8.10. The van der Waals surface area contributed by atoms with E-state index >= 15 is 0 Å². The molecule has 2 aliphatic rings. The summed E-state index contributed by atoms with van der Waals surface area (Å²) in [5, 5.41) is 3.97. The highest BCUT2D eigenvalue weighted by Gasteiger charge is 2.37. The maximum absolute atomic E-state index is 12.7. The Morgan fingerprint density at radius 3 is 2.43 bits per heavy atom. The van der Waals surface area contributed by atoms with E-state index in [0.717, 1.165) is 50.3 Å². The largest absolute Gasteiger partial charge is 0.353 e. The lowest BCUT2D eigenvalue weighted by atomic mass is 10.0. The van der Waals surface area contributed by atoms with Gasteiger partial charge < -0.3 is 10.2 Å². The van der Waals surface area contributed by atoms with Crippen LogP contribution in [0.3, 0.4) is 0 Å². The van der Waals surface area contributed by atoms with Crippen molar-refractivity contribution < 1.29 is 9.59 Å². The van der Waals surface area contributed by atoms with Crippen molar-refractivity contribution in [2.24, 2.45) is 5.92 Å². The van der Waals surface area contributed by atoms with Crippen LogP contribution in [0.25, 0.3) is 0 Å². The van der Waals surface area contributed by atoms with Gasteiger partial charge >= 0.3 is 0 Å². The summed E-state index contributed by atoms with van der Waals surface area (Å²) in [7, 11) is 0. The highest BCUT2D eigenvalue weighted by molar-refractivity contribution is 6.30. The fourth-order valence-electron chi connectivity index (χ4n) is 4.39. The monoisotopic (exact) mass is 405 g/mol.